The Morgan fingerprint density at radius 2 is 2.10 bits per heavy atom. The van der Waals surface area contributed by atoms with E-state index in [1.54, 1.807) is 11.0 Å². The molecule has 2 rings (SSSR count). The predicted octanol–water partition coefficient (Wildman–Crippen LogP) is 1.58. The Morgan fingerprint density at radius 1 is 1.38 bits per heavy atom. The summed E-state index contributed by atoms with van der Waals surface area (Å²) in [5, 5.41) is 10.9. The number of rotatable bonds is 3. The number of nitrogens with zero attached hydrogens (tertiary/aromatic N) is 3. The second-order valence-corrected chi connectivity index (χ2v) is 6.38. The average molecular weight is 290 g/mol. The van der Waals surface area contributed by atoms with Gasteiger partial charge in [0.1, 0.15) is 0 Å². The SMILES string of the molecule is CCN1CC(C(=O)Nc2ccc(C(C)(C)C)nn2)CC1=O. The molecule has 6 nitrogen and oxygen atoms in total. The largest absolute Gasteiger partial charge is 0.342 e. The summed E-state index contributed by atoms with van der Waals surface area (Å²) in [5.41, 5.74) is 0.795. The first-order valence-electron chi connectivity index (χ1n) is 7.24. The van der Waals surface area contributed by atoms with Crippen LogP contribution in [-0.2, 0) is 15.0 Å². The van der Waals surface area contributed by atoms with E-state index in [1.807, 2.05) is 13.0 Å². The van der Waals surface area contributed by atoms with Crippen LogP contribution in [0, 0.1) is 5.92 Å². The van der Waals surface area contributed by atoms with E-state index in [9.17, 15) is 9.59 Å². The minimum absolute atomic E-state index is 0.0341. The number of likely N-dealkylation sites (tertiary alicyclic amines) is 1. The molecule has 114 valence electrons. The van der Waals surface area contributed by atoms with Crippen LogP contribution in [0.25, 0.3) is 0 Å². The molecule has 1 saturated heterocycles. The van der Waals surface area contributed by atoms with Gasteiger partial charge in [-0.2, -0.15) is 5.10 Å². The highest BCUT2D eigenvalue weighted by molar-refractivity contribution is 5.96. The van der Waals surface area contributed by atoms with Crippen LogP contribution in [0.5, 0.6) is 0 Å². The molecule has 0 bridgehead atoms. The van der Waals surface area contributed by atoms with Crippen LogP contribution < -0.4 is 5.32 Å². The number of hydrogen-bond acceptors (Lipinski definition) is 4. The van der Waals surface area contributed by atoms with Crippen molar-refractivity contribution in [3.05, 3.63) is 17.8 Å². The topological polar surface area (TPSA) is 75.2 Å². The van der Waals surface area contributed by atoms with Crippen molar-refractivity contribution < 1.29 is 9.59 Å². The molecule has 6 heteroatoms. The zero-order valence-electron chi connectivity index (χ0n) is 13.0. The Balaban J connectivity index is 1.99. The second-order valence-electron chi connectivity index (χ2n) is 6.38. The van der Waals surface area contributed by atoms with Gasteiger partial charge in [0.25, 0.3) is 0 Å². The molecule has 1 N–H and O–H groups in total. The van der Waals surface area contributed by atoms with E-state index in [-0.39, 0.29) is 29.6 Å². The Morgan fingerprint density at radius 3 is 2.57 bits per heavy atom. The first kappa shape index (κ1) is 15.4. The third-order valence-electron chi connectivity index (χ3n) is 3.65. The molecule has 0 aliphatic carbocycles. The molecule has 21 heavy (non-hydrogen) atoms. The van der Waals surface area contributed by atoms with E-state index in [0.29, 0.717) is 18.9 Å². The summed E-state index contributed by atoms with van der Waals surface area (Å²) in [6, 6.07) is 3.61. The highest BCUT2D eigenvalue weighted by Gasteiger charge is 2.33. The van der Waals surface area contributed by atoms with Gasteiger partial charge in [0.2, 0.25) is 11.8 Å². The molecular weight excluding hydrogens is 268 g/mol. The van der Waals surface area contributed by atoms with E-state index in [0.717, 1.165) is 5.69 Å². The predicted molar refractivity (Wildman–Crippen MR) is 79.7 cm³/mol. The molecule has 0 aromatic carbocycles. The summed E-state index contributed by atoms with van der Waals surface area (Å²) in [5.74, 6) is -0.0131. The van der Waals surface area contributed by atoms with Crippen molar-refractivity contribution in [1.29, 1.82) is 0 Å². The lowest BCUT2D eigenvalue weighted by Crippen LogP contribution is -2.28. The monoisotopic (exact) mass is 290 g/mol. The van der Waals surface area contributed by atoms with E-state index in [4.69, 9.17) is 0 Å². The lowest BCUT2D eigenvalue weighted by molar-refractivity contribution is -0.128. The number of hydrogen-bond donors (Lipinski definition) is 1. The molecule has 1 unspecified atom stereocenters. The number of amides is 2. The summed E-state index contributed by atoms with van der Waals surface area (Å²) in [7, 11) is 0. The van der Waals surface area contributed by atoms with Crippen molar-refractivity contribution >= 4 is 17.6 Å². The molecule has 1 aliphatic heterocycles. The molecule has 0 radical (unpaired) electrons. The minimum Gasteiger partial charge on any atom is -0.342 e. The lowest BCUT2D eigenvalue weighted by atomic mass is 9.92. The molecule has 0 spiro atoms. The third-order valence-corrected chi connectivity index (χ3v) is 3.65. The van der Waals surface area contributed by atoms with Crippen LogP contribution in [0.2, 0.25) is 0 Å². The highest BCUT2D eigenvalue weighted by Crippen LogP contribution is 2.21. The van der Waals surface area contributed by atoms with Gasteiger partial charge in [-0.15, -0.1) is 5.10 Å². The fourth-order valence-electron chi connectivity index (χ4n) is 2.28. The zero-order chi connectivity index (χ0) is 15.6. The van der Waals surface area contributed by atoms with Crippen LogP contribution >= 0.6 is 0 Å². The normalized spacial score (nSPS) is 19.0. The molecule has 1 fully saturated rings. The molecule has 2 heterocycles. The maximum Gasteiger partial charge on any atom is 0.230 e. The Hall–Kier alpha value is -1.98. The first-order chi connectivity index (χ1) is 9.81. The Bertz CT molecular complexity index is 534. The fourth-order valence-corrected chi connectivity index (χ4v) is 2.28. The summed E-state index contributed by atoms with van der Waals surface area (Å²) in [6.07, 6.45) is 0.271. The van der Waals surface area contributed by atoms with Gasteiger partial charge in [0.15, 0.2) is 5.82 Å². The van der Waals surface area contributed by atoms with Gasteiger partial charge in [0.05, 0.1) is 11.6 Å². The van der Waals surface area contributed by atoms with Gasteiger partial charge in [0, 0.05) is 24.9 Å². The van der Waals surface area contributed by atoms with Crippen LogP contribution in [0.15, 0.2) is 12.1 Å². The van der Waals surface area contributed by atoms with Crippen LogP contribution in [0.1, 0.15) is 39.8 Å². The molecule has 1 atom stereocenters. The molecular formula is C15H22N4O2. The van der Waals surface area contributed by atoms with Gasteiger partial charge in [-0.25, -0.2) is 0 Å². The van der Waals surface area contributed by atoms with E-state index in [2.05, 4.69) is 36.3 Å². The Labute approximate surface area is 124 Å². The van der Waals surface area contributed by atoms with Gasteiger partial charge < -0.3 is 10.2 Å². The van der Waals surface area contributed by atoms with Crippen LogP contribution in [0.3, 0.4) is 0 Å². The first-order valence-corrected chi connectivity index (χ1v) is 7.24. The second kappa shape index (κ2) is 5.79. The van der Waals surface area contributed by atoms with Crippen LogP contribution in [-0.4, -0.2) is 40.0 Å². The van der Waals surface area contributed by atoms with Gasteiger partial charge in [-0.3, -0.25) is 9.59 Å². The third kappa shape index (κ3) is 3.56. The molecule has 2 amide bonds. The number of aromatic nitrogens is 2. The van der Waals surface area contributed by atoms with E-state index in [1.165, 1.54) is 0 Å². The summed E-state index contributed by atoms with van der Waals surface area (Å²) < 4.78 is 0. The number of nitrogens with one attached hydrogen (secondary N) is 1. The Kier molecular flexibility index (Phi) is 4.25. The van der Waals surface area contributed by atoms with Gasteiger partial charge in [-0.1, -0.05) is 20.8 Å². The maximum absolute atomic E-state index is 12.1. The molecule has 1 aromatic rings. The maximum atomic E-state index is 12.1. The highest BCUT2D eigenvalue weighted by atomic mass is 16.2. The standard InChI is InChI=1S/C15H22N4O2/c1-5-19-9-10(8-13(19)20)14(21)16-12-7-6-11(17-18-12)15(2,3)4/h6-7,10H,5,8-9H2,1-4H3,(H,16,18,21). The number of carbonyl (C=O) groups is 2. The van der Waals surface area contributed by atoms with Crippen molar-refractivity contribution in [2.45, 2.75) is 39.5 Å². The summed E-state index contributed by atoms with van der Waals surface area (Å²) in [6.45, 7) is 9.20. The minimum atomic E-state index is -0.304. The van der Waals surface area contributed by atoms with Crippen molar-refractivity contribution in [3.8, 4) is 0 Å². The zero-order valence-corrected chi connectivity index (χ0v) is 13.0. The van der Waals surface area contributed by atoms with Crippen molar-refractivity contribution in [3.63, 3.8) is 0 Å². The molecule has 0 saturated carbocycles. The van der Waals surface area contributed by atoms with E-state index < -0.39 is 0 Å². The molecule has 1 aliphatic rings. The lowest BCUT2D eigenvalue weighted by Gasteiger charge is -2.17. The fraction of sp³-hybridized carbons (Fsp3) is 0.600. The van der Waals surface area contributed by atoms with E-state index >= 15 is 0 Å². The van der Waals surface area contributed by atoms with Crippen molar-refractivity contribution in [2.75, 3.05) is 18.4 Å². The molecule has 1 aromatic heterocycles. The average Bonchev–Trinajstić information content (AvgIpc) is 2.79. The van der Waals surface area contributed by atoms with Crippen molar-refractivity contribution in [2.24, 2.45) is 5.92 Å². The van der Waals surface area contributed by atoms with Crippen molar-refractivity contribution in [1.82, 2.24) is 15.1 Å². The summed E-state index contributed by atoms with van der Waals surface area (Å²) >= 11 is 0. The smallest absolute Gasteiger partial charge is 0.230 e. The van der Waals surface area contributed by atoms with Gasteiger partial charge in [-0.05, 0) is 19.1 Å². The summed E-state index contributed by atoms with van der Waals surface area (Å²) in [4.78, 5) is 25.5. The van der Waals surface area contributed by atoms with Gasteiger partial charge >= 0.3 is 0 Å². The van der Waals surface area contributed by atoms with Crippen LogP contribution in [0.4, 0.5) is 5.82 Å². The quantitative estimate of drug-likeness (QED) is 0.917. The number of carbonyl (C=O) groups excluding carboxylic acids is 2. The number of anilines is 1.